The summed E-state index contributed by atoms with van der Waals surface area (Å²) in [5.74, 6) is -0.443. The Morgan fingerprint density at radius 2 is 1.94 bits per heavy atom. The van der Waals surface area contributed by atoms with Crippen LogP contribution in [0.25, 0.3) is 5.69 Å². The van der Waals surface area contributed by atoms with Gasteiger partial charge in [-0.1, -0.05) is 23.7 Å². The Labute approximate surface area is 187 Å². The van der Waals surface area contributed by atoms with Gasteiger partial charge in [0.25, 0.3) is 5.91 Å². The molecule has 1 atom stereocenters. The van der Waals surface area contributed by atoms with Crippen molar-refractivity contribution in [3.05, 3.63) is 70.8 Å². The molecule has 8 nitrogen and oxygen atoms in total. The number of benzene rings is 2. The van der Waals surface area contributed by atoms with Crippen LogP contribution in [0.15, 0.2) is 48.5 Å². The third kappa shape index (κ3) is 4.67. The highest BCUT2D eigenvalue weighted by Gasteiger charge is 2.24. The minimum atomic E-state index is -0.790. The zero-order valence-electron chi connectivity index (χ0n) is 17.0. The van der Waals surface area contributed by atoms with E-state index in [2.05, 4.69) is 10.4 Å². The number of hydrogen-bond donors (Lipinski definition) is 1. The topological polar surface area (TPSA) is 91.7 Å². The Morgan fingerprint density at radius 3 is 2.69 bits per heavy atom. The van der Waals surface area contributed by atoms with Crippen LogP contribution in [0.2, 0.25) is 5.15 Å². The predicted molar refractivity (Wildman–Crippen MR) is 113 cm³/mol. The summed E-state index contributed by atoms with van der Waals surface area (Å²) in [6.45, 7) is 1.56. The van der Waals surface area contributed by atoms with Gasteiger partial charge in [-0.2, -0.15) is 5.10 Å². The summed E-state index contributed by atoms with van der Waals surface area (Å²) >= 11 is 6.29. The normalized spacial score (nSPS) is 14.7. The molecule has 0 radical (unpaired) electrons. The third-order valence-corrected chi connectivity index (χ3v) is 5.06. The van der Waals surface area contributed by atoms with Gasteiger partial charge in [-0.05, 0) is 43.3 Å². The molecule has 0 spiro atoms. The van der Waals surface area contributed by atoms with E-state index in [4.69, 9.17) is 25.8 Å². The van der Waals surface area contributed by atoms with Crippen molar-refractivity contribution in [2.75, 3.05) is 19.8 Å². The molecule has 3 aromatic rings. The number of hydrogen-bond acceptors (Lipinski definition) is 6. The summed E-state index contributed by atoms with van der Waals surface area (Å²) in [5.41, 5.74) is 0.827. The second-order valence-electron chi connectivity index (χ2n) is 7.02. The Balaban J connectivity index is 1.31. The Kier molecular flexibility index (Phi) is 6.27. The monoisotopic (exact) mass is 459 g/mol. The highest BCUT2D eigenvalue weighted by Crippen LogP contribution is 2.30. The zero-order chi connectivity index (χ0) is 22.7. The number of carbonyl (C=O) groups is 2. The SMILES string of the molecule is Cc1nn(-c2ccc(F)cc2)c(Cl)c1C(=O)OCC(=O)NCC1COc2ccccc2O1. The fourth-order valence-corrected chi connectivity index (χ4v) is 3.48. The molecule has 0 fully saturated rings. The number of para-hydroxylation sites is 2. The van der Waals surface area contributed by atoms with Gasteiger partial charge in [-0.3, -0.25) is 4.79 Å². The minimum absolute atomic E-state index is 0.00550. The molecular formula is C22H19ClFN3O5. The maximum atomic E-state index is 13.1. The van der Waals surface area contributed by atoms with Crippen molar-refractivity contribution in [3.8, 4) is 17.2 Å². The molecule has 1 aliphatic rings. The van der Waals surface area contributed by atoms with Crippen LogP contribution in [0.3, 0.4) is 0 Å². The van der Waals surface area contributed by atoms with Gasteiger partial charge in [0.1, 0.15) is 29.2 Å². The first-order chi connectivity index (χ1) is 15.4. The average Bonchev–Trinajstić information content (AvgIpc) is 3.10. The Bertz CT molecular complexity index is 1150. The molecule has 2 heterocycles. The summed E-state index contributed by atoms with van der Waals surface area (Å²) in [7, 11) is 0. The van der Waals surface area contributed by atoms with E-state index in [1.54, 1.807) is 19.1 Å². The number of aryl methyl sites for hydroxylation is 1. The van der Waals surface area contributed by atoms with Gasteiger partial charge in [-0.25, -0.2) is 13.9 Å². The number of halogens is 2. The maximum absolute atomic E-state index is 13.1. The average molecular weight is 460 g/mol. The summed E-state index contributed by atoms with van der Waals surface area (Å²) < 4.78 is 30.9. The van der Waals surface area contributed by atoms with E-state index < -0.39 is 24.3 Å². The first-order valence-corrected chi connectivity index (χ1v) is 10.1. The molecule has 1 amide bonds. The van der Waals surface area contributed by atoms with E-state index in [0.717, 1.165) is 0 Å². The van der Waals surface area contributed by atoms with E-state index in [1.807, 2.05) is 12.1 Å². The van der Waals surface area contributed by atoms with Crippen LogP contribution in [0, 0.1) is 12.7 Å². The van der Waals surface area contributed by atoms with Crippen LogP contribution in [-0.2, 0) is 9.53 Å². The van der Waals surface area contributed by atoms with Crippen LogP contribution in [0.5, 0.6) is 11.5 Å². The molecule has 0 bridgehead atoms. The molecule has 1 N–H and O–H groups in total. The number of nitrogens with zero attached hydrogens (tertiary/aromatic N) is 2. The largest absolute Gasteiger partial charge is 0.486 e. The highest BCUT2D eigenvalue weighted by molar-refractivity contribution is 6.33. The van der Waals surface area contributed by atoms with Gasteiger partial charge in [0.05, 0.1) is 17.9 Å². The molecule has 0 saturated heterocycles. The van der Waals surface area contributed by atoms with Gasteiger partial charge in [-0.15, -0.1) is 0 Å². The van der Waals surface area contributed by atoms with E-state index >= 15 is 0 Å². The molecule has 1 aliphatic heterocycles. The lowest BCUT2D eigenvalue weighted by Gasteiger charge is -2.26. The summed E-state index contributed by atoms with van der Waals surface area (Å²) in [4.78, 5) is 24.6. The van der Waals surface area contributed by atoms with Crippen molar-refractivity contribution in [1.29, 1.82) is 0 Å². The molecule has 10 heteroatoms. The van der Waals surface area contributed by atoms with Crippen LogP contribution in [0.4, 0.5) is 4.39 Å². The third-order valence-electron chi connectivity index (χ3n) is 4.71. The fraction of sp³-hybridized carbons (Fsp3) is 0.227. The minimum Gasteiger partial charge on any atom is -0.486 e. The van der Waals surface area contributed by atoms with E-state index in [-0.39, 0.29) is 30.0 Å². The van der Waals surface area contributed by atoms with Gasteiger partial charge in [0.2, 0.25) is 0 Å². The number of nitrogens with one attached hydrogen (secondary N) is 1. The smallest absolute Gasteiger partial charge is 0.343 e. The van der Waals surface area contributed by atoms with Gasteiger partial charge < -0.3 is 19.5 Å². The summed E-state index contributed by atoms with van der Waals surface area (Å²) in [6, 6.07) is 12.7. The molecular weight excluding hydrogens is 441 g/mol. The fourth-order valence-electron chi connectivity index (χ4n) is 3.13. The van der Waals surface area contributed by atoms with Crippen LogP contribution >= 0.6 is 11.6 Å². The molecule has 32 heavy (non-hydrogen) atoms. The van der Waals surface area contributed by atoms with Crippen molar-refractivity contribution < 1.29 is 28.2 Å². The van der Waals surface area contributed by atoms with Crippen molar-refractivity contribution in [3.63, 3.8) is 0 Å². The summed E-state index contributed by atoms with van der Waals surface area (Å²) in [6.07, 6.45) is -0.366. The van der Waals surface area contributed by atoms with E-state index in [0.29, 0.717) is 22.9 Å². The number of amides is 1. The summed E-state index contributed by atoms with van der Waals surface area (Å²) in [5, 5.41) is 6.86. The molecule has 166 valence electrons. The lowest BCUT2D eigenvalue weighted by atomic mass is 10.2. The number of aromatic nitrogens is 2. The maximum Gasteiger partial charge on any atom is 0.343 e. The van der Waals surface area contributed by atoms with Crippen molar-refractivity contribution in [2.45, 2.75) is 13.0 Å². The second-order valence-corrected chi connectivity index (χ2v) is 7.38. The van der Waals surface area contributed by atoms with Gasteiger partial charge in [0.15, 0.2) is 18.1 Å². The van der Waals surface area contributed by atoms with Crippen molar-refractivity contribution in [2.24, 2.45) is 0 Å². The number of ether oxygens (including phenoxy) is 3. The molecule has 0 aliphatic carbocycles. The van der Waals surface area contributed by atoms with Crippen LogP contribution < -0.4 is 14.8 Å². The second kappa shape index (κ2) is 9.27. The van der Waals surface area contributed by atoms with Gasteiger partial charge in [0, 0.05) is 0 Å². The number of esters is 1. The quantitative estimate of drug-likeness (QED) is 0.569. The first-order valence-electron chi connectivity index (χ1n) is 9.75. The van der Waals surface area contributed by atoms with Crippen LogP contribution in [-0.4, -0.2) is 47.5 Å². The molecule has 4 rings (SSSR count). The Morgan fingerprint density at radius 1 is 1.22 bits per heavy atom. The predicted octanol–water partition coefficient (Wildman–Crippen LogP) is 3.09. The van der Waals surface area contributed by atoms with Crippen molar-refractivity contribution >= 4 is 23.5 Å². The molecule has 1 unspecified atom stereocenters. The lowest BCUT2D eigenvalue weighted by Crippen LogP contribution is -2.42. The number of fused-ring (bicyclic) bond motifs is 1. The number of rotatable bonds is 6. The van der Waals surface area contributed by atoms with E-state index in [9.17, 15) is 14.0 Å². The van der Waals surface area contributed by atoms with E-state index in [1.165, 1.54) is 28.9 Å². The molecule has 2 aromatic carbocycles. The highest BCUT2D eigenvalue weighted by atomic mass is 35.5. The molecule has 0 saturated carbocycles. The number of carbonyl (C=O) groups excluding carboxylic acids is 2. The first kappa shape index (κ1) is 21.6. The van der Waals surface area contributed by atoms with Crippen molar-refractivity contribution in [1.82, 2.24) is 15.1 Å². The zero-order valence-corrected chi connectivity index (χ0v) is 17.8. The molecule has 1 aromatic heterocycles. The lowest BCUT2D eigenvalue weighted by molar-refractivity contribution is -0.124. The van der Waals surface area contributed by atoms with Crippen LogP contribution in [0.1, 0.15) is 16.1 Å². The Hall–Kier alpha value is -3.59. The van der Waals surface area contributed by atoms with Gasteiger partial charge >= 0.3 is 5.97 Å². The standard InChI is InChI=1S/C22H19ClFN3O5/c1-13-20(21(23)27(26-13)15-8-6-14(24)7-9-15)22(29)31-12-19(28)25-10-16-11-30-17-4-2-3-5-18(17)32-16/h2-9,16H,10-12H2,1H3,(H,25,28).